The molecule has 0 spiro atoms. The molecule has 1 aliphatic heterocycles. The second-order valence-electron chi connectivity index (χ2n) is 12.2. The molecule has 2 fully saturated rings. The number of rotatable bonds is 7. The van der Waals surface area contributed by atoms with Crippen LogP contribution in [0.2, 0.25) is 0 Å². The van der Waals surface area contributed by atoms with Crippen LogP contribution in [0.4, 0.5) is 5.69 Å². The van der Waals surface area contributed by atoms with Gasteiger partial charge in [0.1, 0.15) is 11.5 Å². The van der Waals surface area contributed by atoms with Crippen LogP contribution in [-0.2, 0) is 25.2 Å². The van der Waals surface area contributed by atoms with Crippen LogP contribution in [0.15, 0.2) is 140 Å². The summed E-state index contributed by atoms with van der Waals surface area (Å²) in [5.41, 5.74) is 1.93. The first-order valence-electron chi connectivity index (χ1n) is 15.6. The SMILES string of the molecule is COc1ccc(C2=C(c3ccc(OC)cc3)[C@@]3(c4ccccc4)C(=O)[C@]2(c2ccccc2)[C@H]2C(=O)N(c4ccccc4)C(=O)[C@@H]23)cc1. The number of methoxy groups -OCH3 is 2. The van der Waals surface area contributed by atoms with Crippen LogP contribution in [0.1, 0.15) is 22.3 Å². The van der Waals surface area contributed by atoms with Crippen molar-refractivity contribution >= 4 is 34.4 Å². The van der Waals surface area contributed by atoms with Crippen LogP contribution in [0.3, 0.4) is 0 Å². The number of hydrogen-bond acceptors (Lipinski definition) is 5. The summed E-state index contributed by atoms with van der Waals surface area (Å²) in [6.07, 6.45) is 0. The van der Waals surface area contributed by atoms with Gasteiger partial charge in [0.15, 0.2) is 5.78 Å². The molecule has 1 saturated carbocycles. The summed E-state index contributed by atoms with van der Waals surface area (Å²) >= 11 is 0. The second-order valence-corrected chi connectivity index (χ2v) is 12.2. The average Bonchev–Trinajstić information content (AvgIpc) is 3.64. The lowest BCUT2D eigenvalue weighted by Gasteiger charge is -2.39. The molecule has 1 heterocycles. The van der Waals surface area contributed by atoms with Gasteiger partial charge in [0.25, 0.3) is 0 Å². The maximum Gasteiger partial charge on any atom is 0.239 e. The number of hydrogen-bond donors (Lipinski definition) is 0. The fourth-order valence-corrected chi connectivity index (χ4v) is 8.47. The highest BCUT2D eigenvalue weighted by Crippen LogP contribution is 2.74. The molecule has 6 nitrogen and oxygen atoms in total. The van der Waals surface area contributed by atoms with Crippen molar-refractivity contribution in [3.8, 4) is 11.5 Å². The van der Waals surface area contributed by atoms with Crippen LogP contribution >= 0.6 is 0 Å². The summed E-state index contributed by atoms with van der Waals surface area (Å²) in [6.45, 7) is 0. The third-order valence-electron chi connectivity index (χ3n) is 10.2. The van der Waals surface area contributed by atoms with E-state index in [1.807, 2.05) is 127 Å². The normalized spacial score (nSPS) is 24.6. The fraction of sp³-hybridized carbons (Fsp3) is 0.146. The molecule has 5 aromatic rings. The number of benzene rings is 5. The minimum absolute atomic E-state index is 0.163. The summed E-state index contributed by atoms with van der Waals surface area (Å²) in [6, 6.07) is 43.3. The number of ketones is 1. The van der Waals surface area contributed by atoms with Gasteiger partial charge in [-0.25, -0.2) is 4.90 Å². The van der Waals surface area contributed by atoms with Crippen molar-refractivity contribution in [1.82, 2.24) is 0 Å². The third kappa shape index (κ3) is 3.69. The second kappa shape index (κ2) is 10.7. The molecule has 1 saturated heterocycles. The Morgan fingerprint density at radius 3 is 1.21 bits per heavy atom. The number of Topliss-reactive ketones (excluding diaryl/α,β-unsaturated/α-hetero) is 1. The van der Waals surface area contributed by atoms with Gasteiger partial charge in [-0.05, 0) is 69.8 Å². The summed E-state index contributed by atoms with van der Waals surface area (Å²) in [4.78, 5) is 47.2. The summed E-state index contributed by atoms with van der Waals surface area (Å²) in [5.74, 6) is -1.54. The molecule has 5 aromatic carbocycles. The summed E-state index contributed by atoms with van der Waals surface area (Å²) in [5, 5.41) is 0. The number of ether oxygens (including phenoxy) is 2. The van der Waals surface area contributed by atoms with Crippen LogP contribution < -0.4 is 14.4 Å². The Labute approximate surface area is 272 Å². The van der Waals surface area contributed by atoms with Gasteiger partial charge >= 0.3 is 0 Å². The van der Waals surface area contributed by atoms with Crippen molar-refractivity contribution in [2.75, 3.05) is 19.1 Å². The molecule has 2 aliphatic carbocycles. The number of amides is 2. The highest BCUT2D eigenvalue weighted by molar-refractivity contribution is 6.39. The van der Waals surface area contributed by atoms with Gasteiger partial charge in [0.05, 0.1) is 42.6 Å². The Kier molecular flexibility index (Phi) is 6.51. The van der Waals surface area contributed by atoms with E-state index >= 15 is 4.79 Å². The predicted octanol–water partition coefficient (Wildman–Crippen LogP) is 6.89. The molecule has 0 aromatic heterocycles. The molecular formula is C41H31NO5. The Hall–Kier alpha value is -5.75. The van der Waals surface area contributed by atoms with E-state index in [-0.39, 0.29) is 17.6 Å². The van der Waals surface area contributed by atoms with Gasteiger partial charge in [0.2, 0.25) is 11.8 Å². The highest BCUT2D eigenvalue weighted by Gasteiger charge is 2.82. The molecule has 0 N–H and O–H groups in total. The molecule has 230 valence electrons. The van der Waals surface area contributed by atoms with E-state index in [1.165, 1.54) is 4.90 Å². The van der Waals surface area contributed by atoms with Crippen molar-refractivity contribution < 1.29 is 23.9 Å². The predicted molar refractivity (Wildman–Crippen MR) is 180 cm³/mol. The maximum atomic E-state index is 16.0. The van der Waals surface area contributed by atoms with E-state index in [1.54, 1.807) is 26.4 Å². The number of carbonyl (C=O) groups is 3. The van der Waals surface area contributed by atoms with Crippen LogP contribution in [0.5, 0.6) is 11.5 Å². The van der Waals surface area contributed by atoms with Crippen molar-refractivity contribution in [2.45, 2.75) is 10.8 Å². The smallest absolute Gasteiger partial charge is 0.239 e. The molecular weight excluding hydrogens is 586 g/mol. The Balaban J connectivity index is 1.55. The monoisotopic (exact) mass is 617 g/mol. The van der Waals surface area contributed by atoms with E-state index in [9.17, 15) is 9.59 Å². The van der Waals surface area contributed by atoms with Crippen LogP contribution in [-0.4, -0.2) is 31.8 Å². The van der Waals surface area contributed by atoms with Crippen molar-refractivity contribution in [2.24, 2.45) is 11.8 Å². The first-order valence-corrected chi connectivity index (χ1v) is 15.6. The summed E-state index contributed by atoms with van der Waals surface area (Å²) in [7, 11) is 3.22. The molecule has 8 rings (SSSR count). The van der Waals surface area contributed by atoms with Crippen LogP contribution in [0, 0.1) is 11.8 Å². The van der Waals surface area contributed by atoms with Crippen LogP contribution in [0.25, 0.3) is 11.1 Å². The molecule has 0 radical (unpaired) electrons. The van der Waals surface area contributed by atoms with E-state index in [0.717, 1.165) is 22.3 Å². The Morgan fingerprint density at radius 1 is 0.489 bits per heavy atom. The molecule has 4 atom stereocenters. The topological polar surface area (TPSA) is 72.9 Å². The number of allylic oxidation sites excluding steroid dienone is 2. The molecule has 3 aliphatic rings. The number of anilines is 1. The largest absolute Gasteiger partial charge is 0.497 e. The standard InChI is InChI=1S/C41H31NO5/c1-46-31-22-18-26(19-23-31)33-34(27-20-24-32(47-2)25-21-27)41(29-14-8-4-9-15-29)36-35(40(33,39(41)45)28-12-6-3-7-13-28)37(43)42(38(36)44)30-16-10-5-11-17-30/h3-25,35-36H,1-2H3/t35-,36-,40-,41+/m1/s1. The minimum atomic E-state index is -1.47. The maximum absolute atomic E-state index is 16.0. The quantitative estimate of drug-likeness (QED) is 0.186. The minimum Gasteiger partial charge on any atom is -0.497 e. The zero-order valence-corrected chi connectivity index (χ0v) is 25.9. The van der Waals surface area contributed by atoms with E-state index in [0.29, 0.717) is 28.3 Å². The number of fused-ring (bicyclic) bond motifs is 5. The molecule has 0 unspecified atom stereocenters. The fourth-order valence-electron chi connectivity index (χ4n) is 8.47. The molecule has 6 heteroatoms. The van der Waals surface area contributed by atoms with Gasteiger partial charge in [-0.1, -0.05) is 103 Å². The molecule has 47 heavy (non-hydrogen) atoms. The van der Waals surface area contributed by atoms with E-state index in [4.69, 9.17) is 9.47 Å². The zero-order valence-electron chi connectivity index (χ0n) is 25.9. The number of nitrogens with zero attached hydrogens (tertiary/aromatic N) is 1. The summed E-state index contributed by atoms with van der Waals surface area (Å²) < 4.78 is 11.0. The molecule has 2 amide bonds. The first-order chi connectivity index (χ1) is 23.0. The Bertz CT molecular complexity index is 1930. The van der Waals surface area contributed by atoms with Gasteiger partial charge < -0.3 is 9.47 Å². The lowest BCUT2D eigenvalue weighted by Crippen LogP contribution is -2.45. The van der Waals surface area contributed by atoms with Crippen molar-refractivity contribution in [3.05, 3.63) is 162 Å². The average molecular weight is 618 g/mol. The van der Waals surface area contributed by atoms with Gasteiger partial charge in [-0.2, -0.15) is 0 Å². The lowest BCUT2D eigenvalue weighted by molar-refractivity contribution is -0.130. The lowest BCUT2D eigenvalue weighted by atomic mass is 9.59. The van der Waals surface area contributed by atoms with Crippen molar-refractivity contribution in [3.63, 3.8) is 0 Å². The van der Waals surface area contributed by atoms with Gasteiger partial charge in [-0.3, -0.25) is 14.4 Å². The molecule has 2 bridgehead atoms. The van der Waals surface area contributed by atoms with Crippen molar-refractivity contribution in [1.29, 1.82) is 0 Å². The highest BCUT2D eigenvalue weighted by atomic mass is 16.5. The zero-order chi connectivity index (χ0) is 32.3. The number of para-hydroxylation sites is 1. The number of imide groups is 1. The van der Waals surface area contributed by atoms with E-state index < -0.39 is 22.7 Å². The van der Waals surface area contributed by atoms with Gasteiger partial charge in [-0.15, -0.1) is 0 Å². The first kappa shape index (κ1) is 28.7. The Morgan fingerprint density at radius 2 is 0.851 bits per heavy atom. The van der Waals surface area contributed by atoms with E-state index in [2.05, 4.69) is 0 Å². The van der Waals surface area contributed by atoms with Gasteiger partial charge in [0, 0.05) is 0 Å². The third-order valence-corrected chi connectivity index (χ3v) is 10.2. The number of carbonyl (C=O) groups excluding carboxylic acids is 3.